The molecule has 16 heavy (non-hydrogen) atoms. The van der Waals surface area contributed by atoms with Crippen molar-refractivity contribution < 1.29 is 4.39 Å². The Morgan fingerprint density at radius 3 is 2.56 bits per heavy atom. The average molecular weight is 224 g/mol. The molecule has 0 aliphatic carbocycles. The summed E-state index contributed by atoms with van der Waals surface area (Å²) in [6.07, 6.45) is 1.11. The lowest BCUT2D eigenvalue weighted by Gasteiger charge is -2.22. The Labute approximate surface area is 97.0 Å². The monoisotopic (exact) mass is 224 g/mol. The molecular weight excluding hydrogens is 203 g/mol. The van der Waals surface area contributed by atoms with E-state index in [-0.39, 0.29) is 5.82 Å². The topological polar surface area (TPSA) is 38.0 Å². The number of nitrogens with one attached hydrogen (secondary N) is 1. The molecule has 1 aromatic rings. The SMILES string of the molecule is CCC(C)C(C)Nc1cc(C)c(F)cc1N. The Morgan fingerprint density at radius 2 is 2.00 bits per heavy atom. The van der Waals surface area contributed by atoms with Crippen molar-refractivity contribution >= 4 is 11.4 Å². The first-order chi connectivity index (χ1) is 7.45. The van der Waals surface area contributed by atoms with E-state index in [0.717, 1.165) is 12.1 Å². The molecule has 0 aromatic heterocycles. The minimum Gasteiger partial charge on any atom is -0.397 e. The lowest BCUT2D eigenvalue weighted by molar-refractivity contribution is 0.494. The Bertz CT molecular complexity index is 363. The Morgan fingerprint density at radius 1 is 1.38 bits per heavy atom. The summed E-state index contributed by atoms with van der Waals surface area (Å²) in [5.41, 5.74) is 7.69. The van der Waals surface area contributed by atoms with Crippen LogP contribution in [0.3, 0.4) is 0 Å². The van der Waals surface area contributed by atoms with Crippen molar-refractivity contribution in [1.82, 2.24) is 0 Å². The van der Waals surface area contributed by atoms with Crippen LogP contribution in [-0.4, -0.2) is 6.04 Å². The first kappa shape index (κ1) is 12.8. The van der Waals surface area contributed by atoms with Crippen molar-refractivity contribution in [3.8, 4) is 0 Å². The summed E-state index contributed by atoms with van der Waals surface area (Å²) >= 11 is 0. The number of aryl methyl sites for hydroxylation is 1. The molecule has 3 heteroatoms. The number of anilines is 2. The van der Waals surface area contributed by atoms with Crippen molar-refractivity contribution in [3.05, 3.63) is 23.5 Å². The molecule has 0 heterocycles. The fraction of sp³-hybridized carbons (Fsp3) is 0.538. The van der Waals surface area contributed by atoms with Crippen LogP contribution in [0.5, 0.6) is 0 Å². The van der Waals surface area contributed by atoms with Crippen LogP contribution in [0.15, 0.2) is 12.1 Å². The maximum atomic E-state index is 13.2. The molecule has 0 saturated heterocycles. The third-order valence-electron chi connectivity index (χ3n) is 3.21. The third-order valence-corrected chi connectivity index (χ3v) is 3.21. The van der Waals surface area contributed by atoms with Gasteiger partial charge in [0.25, 0.3) is 0 Å². The minimum atomic E-state index is -0.251. The fourth-order valence-electron chi connectivity index (χ4n) is 1.56. The molecule has 2 nitrogen and oxygen atoms in total. The van der Waals surface area contributed by atoms with Gasteiger partial charge >= 0.3 is 0 Å². The van der Waals surface area contributed by atoms with Crippen molar-refractivity contribution in [2.45, 2.75) is 40.2 Å². The quantitative estimate of drug-likeness (QED) is 0.767. The van der Waals surface area contributed by atoms with Crippen molar-refractivity contribution in [2.24, 2.45) is 5.92 Å². The molecule has 0 aliphatic rings. The van der Waals surface area contributed by atoms with E-state index in [0.29, 0.717) is 23.2 Å². The lowest BCUT2D eigenvalue weighted by Crippen LogP contribution is -2.23. The number of nitrogen functional groups attached to an aromatic ring is 1. The van der Waals surface area contributed by atoms with Crippen LogP contribution in [0.1, 0.15) is 32.8 Å². The normalized spacial score (nSPS) is 14.6. The second-order valence-corrected chi connectivity index (χ2v) is 4.51. The van der Waals surface area contributed by atoms with Gasteiger partial charge < -0.3 is 11.1 Å². The highest BCUT2D eigenvalue weighted by Gasteiger charge is 2.12. The molecule has 0 radical (unpaired) electrons. The van der Waals surface area contributed by atoms with E-state index in [2.05, 4.69) is 26.1 Å². The highest BCUT2D eigenvalue weighted by Crippen LogP contribution is 2.24. The minimum absolute atomic E-state index is 0.251. The van der Waals surface area contributed by atoms with E-state index in [1.807, 2.05) is 0 Å². The van der Waals surface area contributed by atoms with Crippen LogP contribution in [0.25, 0.3) is 0 Å². The largest absolute Gasteiger partial charge is 0.397 e. The van der Waals surface area contributed by atoms with Gasteiger partial charge in [-0.25, -0.2) is 4.39 Å². The van der Waals surface area contributed by atoms with Gasteiger partial charge in [-0.15, -0.1) is 0 Å². The zero-order valence-electron chi connectivity index (χ0n) is 10.5. The zero-order chi connectivity index (χ0) is 12.3. The molecular formula is C13H21FN2. The summed E-state index contributed by atoms with van der Waals surface area (Å²) in [6, 6.07) is 3.47. The van der Waals surface area contributed by atoms with Crippen LogP contribution in [0.2, 0.25) is 0 Å². The van der Waals surface area contributed by atoms with Crippen LogP contribution in [0.4, 0.5) is 15.8 Å². The van der Waals surface area contributed by atoms with Crippen molar-refractivity contribution in [2.75, 3.05) is 11.1 Å². The Kier molecular flexibility index (Phi) is 4.16. The second kappa shape index (κ2) is 5.19. The summed E-state index contributed by atoms with van der Waals surface area (Å²) in [5, 5.41) is 3.34. The predicted octanol–water partition coefficient (Wildman–Crippen LogP) is 3.56. The van der Waals surface area contributed by atoms with Gasteiger partial charge in [-0.3, -0.25) is 0 Å². The Balaban J connectivity index is 2.85. The molecule has 1 rings (SSSR count). The van der Waals surface area contributed by atoms with Crippen LogP contribution >= 0.6 is 0 Å². The van der Waals surface area contributed by atoms with Gasteiger partial charge in [-0.05, 0) is 37.5 Å². The Hall–Kier alpha value is -1.25. The number of hydrogen-bond acceptors (Lipinski definition) is 2. The number of halogens is 1. The molecule has 1 aromatic carbocycles. The lowest BCUT2D eigenvalue weighted by atomic mass is 10.0. The zero-order valence-corrected chi connectivity index (χ0v) is 10.5. The summed E-state index contributed by atoms with van der Waals surface area (Å²) in [4.78, 5) is 0. The molecule has 0 spiro atoms. The van der Waals surface area contributed by atoms with E-state index >= 15 is 0 Å². The molecule has 0 fully saturated rings. The van der Waals surface area contributed by atoms with Crippen LogP contribution in [-0.2, 0) is 0 Å². The van der Waals surface area contributed by atoms with Gasteiger partial charge in [0.2, 0.25) is 0 Å². The van der Waals surface area contributed by atoms with E-state index in [1.54, 1.807) is 13.0 Å². The smallest absolute Gasteiger partial charge is 0.128 e. The maximum Gasteiger partial charge on any atom is 0.128 e. The summed E-state index contributed by atoms with van der Waals surface area (Å²) in [5.74, 6) is 0.309. The molecule has 3 N–H and O–H groups in total. The number of rotatable bonds is 4. The van der Waals surface area contributed by atoms with Crippen molar-refractivity contribution in [1.29, 1.82) is 0 Å². The van der Waals surface area contributed by atoms with E-state index in [9.17, 15) is 4.39 Å². The molecule has 0 bridgehead atoms. The van der Waals surface area contributed by atoms with Gasteiger partial charge in [0, 0.05) is 6.04 Å². The molecule has 0 saturated carbocycles. The highest BCUT2D eigenvalue weighted by atomic mass is 19.1. The fourth-order valence-corrected chi connectivity index (χ4v) is 1.56. The molecule has 90 valence electrons. The van der Waals surface area contributed by atoms with Gasteiger partial charge in [0.1, 0.15) is 5.82 Å². The molecule has 2 unspecified atom stereocenters. The molecule has 0 aliphatic heterocycles. The average Bonchev–Trinajstić information content (AvgIpc) is 2.24. The number of hydrogen-bond donors (Lipinski definition) is 2. The van der Waals surface area contributed by atoms with E-state index in [4.69, 9.17) is 5.73 Å². The highest BCUT2D eigenvalue weighted by molar-refractivity contribution is 5.67. The number of nitrogens with two attached hydrogens (primary N) is 1. The summed E-state index contributed by atoms with van der Waals surface area (Å²) < 4.78 is 13.2. The third kappa shape index (κ3) is 2.87. The van der Waals surface area contributed by atoms with Gasteiger partial charge in [-0.1, -0.05) is 20.3 Å². The van der Waals surface area contributed by atoms with Crippen molar-refractivity contribution in [3.63, 3.8) is 0 Å². The van der Waals surface area contributed by atoms with E-state index in [1.165, 1.54) is 6.07 Å². The maximum absolute atomic E-state index is 13.2. The summed E-state index contributed by atoms with van der Waals surface area (Å²) in [7, 11) is 0. The second-order valence-electron chi connectivity index (χ2n) is 4.51. The van der Waals surface area contributed by atoms with Gasteiger partial charge in [0.15, 0.2) is 0 Å². The molecule has 0 amide bonds. The van der Waals surface area contributed by atoms with E-state index < -0.39 is 0 Å². The molecule has 2 atom stereocenters. The number of benzene rings is 1. The predicted molar refractivity (Wildman–Crippen MR) is 68.1 cm³/mol. The standard InChI is InChI=1S/C13H21FN2/c1-5-8(2)10(4)16-13-6-9(3)11(14)7-12(13)15/h6-8,10,16H,5,15H2,1-4H3. The first-order valence-corrected chi connectivity index (χ1v) is 5.77. The first-order valence-electron chi connectivity index (χ1n) is 5.77. The van der Waals surface area contributed by atoms with Crippen LogP contribution < -0.4 is 11.1 Å². The van der Waals surface area contributed by atoms with Gasteiger partial charge in [-0.2, -0.15) is 0 Å². The summed E-state index contributed by atoms with van der Waals surface area (Å²) in [6.45, 7) is 8.20. The van der Waals surface area contributed by atoms with Crippen LogP contribution in [0, 0.1) is 18.7 Å². The van der Waals surface area contributed by atoms with Gasteiger partial charge in [0.05, 0.1) is 11.4 Å².